The molecule has 1 aromatic rings. The molecule has 0 aliphatic heterocycles. The number of aliphatic carboxylic acids is 1. The van der Waals surface area contributed by atoms with Gasteiger partial charge in [0.1, 0.15) is 0 Å². The molecule has 0 aromatic heterocycles. The summed E-state index contributed by atoms with van der Waals surface area (Å²) in [6, 6.07) is 9.70. The van der Waals surface area contributed by atoms with Crippen LogP contribution in [0.3, 0.4) is 0 Å². The Morgan fingerprint density at radius 1 is 1.33 bits per heavy atom. The quantitative estimate of drug-likeness (QED) is 0.780. The molecule has 0 saturated heterocycles. The second-order valence-electron chi connectivity index (χ2n) is 4.35. The van der Waals surface area contributed by atoms with Gasteiger partial charge >= 0.3 is 5.97 Å². The number of hydrogen-bond donors (Lipinski definition) is 2. The van der Waals surface area contributed by atoms with Crippen LogP contribution in [0.5, 0.6) is 0 Å². The summed E-state index contributed by atoms with van der Waals surface area (Å²) in [5.74, 6) is -1.65. The van der Waals surface area contributed by atoms with E-state index in [2.05, 4.69) is 0 Å². The molecule has 18 heavy (non-hydrogen) atoms. The number of carboxylic acids is 1. The van der Waals surface area contributed by atoms with Crippen molar-refractivity contribution in [3.8, 4) is 0 Å². The maximum absolute atomic E-state index is 11.1. The third kappa shape index (κ3) is 4.72. The predicted molar refractivity (Wildman–Crippen MR) is 72.1 cm³/mol. The summed E-state index contributed by atoms with van der Waals surface area (Å²) in [4.78, 5) is 11.1. The van der Waals surface area contributed by atoms with Crippen LogP contribution in [-0.2, 0) is 4.79 Å². The molecule has 0 bridgehead atoms. The third-order valence-corrected chi connectivity index (χ3v) is 2.87. The number of allylic oxidation sites excluding steroid dienone is 1. The number of benzene rings is 1. The van der Waals surface area contributed by atoms with Gasteiger partial charge < -0.3 is 10.2 Å². The van der Waals surface area contributed by atoms with Crippen molar-refractivity contribution in [1.29, 1.82) is 0 Å². The van der Waals surface area contributed by atoms with Gasteiger partial charge in [0.15, 0.2) is 0 Å². The summed E-state index contributed by atoms with van der Waals surface area (Å²) >= 11 is 0. The Bertz CT molecular complexity index is 384. The van der Waals surface area contributed by atoms with Gasteiger partial charge in [0, 0.05) is 0 Å². The minimum atomic E-state index is -0.936. The summed E-state index contributed by atoms with van der Waals surface area (Å²) < 4.78 is 0. The lowest BCUT2D eigenvalue weighted by atomic mass is 9.95. The molecule has 3 nitrogen and oxygen atoms in total. The molecule has 2 atom stereocenters. The maximum atomic E-state index is 11.1. The van der Waals surface area contributed by atoms with Crippen LogP contribution in [0.25, 0.3) is 6.08 Å². The molecule has 1 aromatic carbocycles. The molecule has 0 aliphatic rings. The molecule has 1 rings (SSSR count). The van der Waals surface area contributed by atoms with E-state index in [-0.39, 0.29) is 0 Å². The van der Waals surface area contributed by atoms with Crippen molar-refractivity contribution in [2.75, 3.05) is 0 Å². The summed E-state index contributed by atoms with van der Waals surface area (Å²) in [5, 5.41) is 18.8. The van der Waals surface area contributed by atoms with Crippen LogP contribution in [0.1, 0.15) is 31.7 Å². The number of rotatable bonds is 7. The van der Waals surface area contributed by atoms with Crippen molar-refractivity contribution >= 4 is 12.0 Å². The van der Waals surface area contributed by atoms with Crippen LogP contribution in [0, 0.1) is 5.92 Å². The topological polar surface area (TPSA) is 57.5 Å². The first-order chi connectivity index (χ1) is 8.65. The molecule has 0 unspecified atom stereocenters. The van der Waals surface area contributed by atoms with E-state index in [1.165, 1.54) is 0 Å². The van der Waals surface area contributed by atoms with E-state index in [1.807, 2.05) is 49.4 Å². The first-order valence-corrected chi connectivity index (χ1v) is 6.27. The Kier molecular flexibility index (Phi) is 6.15. The van der Waals surface area contributed by atoms with Crippen LogP contribution >= 0.6 is 0 Å². The molecule has 0 aliphatic carbocycles. The van der Waals surface area contributed by atoms with Gasteiger partial charge in [0.2, 0.25) is 0 Å². The Morgan fingerprint density at radius 3 is 2.56 bits per heavy atom. The first kappa shape index (κ1) is 14.5. The number of aliphatic hydroxyl groups excluding tert-OH is 1. The highest BCUT2D eigenvalue weighted by molar-refractivity contribution is 5.71. The first-order valence-electron chi connectivity index (χ1n) is 6.27. The fraction of sp³-hybridized carbons (Fsp3) is 0.400. The normalized spacial score (nSPS) is 14.6. The van der Waals surface area contributed by atoms with Crippen LogP contribution in [0.15, 0.2) is 36.4 Å². The van der Waals surface area contributed by atoms with E-state index in [1.54, 1.807) is 0 Å². The molecule has 0 fully saturated rings. The smallest absolute Gasteiger partial charge is 0.309 e. The SMILES string of the molecule is CCC[C@@H](O)[C@@H](C/C=C/c1ccccc1)C(=O)O. The Morgan fingerprint density at radius 2 is 2.00 bits per heavy atom. The van der Waals surface area contributed by atoms with Gasteiger partial charge in [-0.2, -0.15) is 0 Å². The van der Waals surface area contributed by atoms with Crippen LogP contribution in [0.4, 0.5) is 0 Å². The zero-order chi connectivity index (χ0) is 13.4. The Labute approximate surface area is 108 Å². The predicted octanol–water partition coefficient (Wildman–Crippen LogP) is 2.95. The number of aliphatic hydroxyl groups is 1. The molecule has 0 heterocycles. The lowest BCUT2D eigenvalue weighted by Gasteiger charge is -2.16. The number of hydrogen-bond acceptors (Lipinski definition) is 2. The standard InChI is InChI=1S/C15H20O3/c1-2-7-14(16)13(15(17)18)11-6-10-12-8-4-3-5-9-12/h3-6,8-10,13-14,16H,2,7,11H2,1H3,(H,17,18)/b10-6+/t13-,14-/m1/s1. The third-order valence-electron chi connectivity index (χ3n) is 2.87. The van der Waals surface area contributed by atoms with Gasteiger partial charge in [-0.05, 0) is 18.4 Å². The van der Waals surface area contributed by atoms with Gasteiger partial charge in [0.05, 0.1) is 12.0 Å². The fourth-order valence-corrected chi connectivity index (χ4v) is 1.83. The van der Waals surface area contributed by atoms with E-state index in [9.17, 15) is 9.90 Å². The van der Waals surface area contributed by atoms with Gasteiger partial charge in [-0.1, -0.05) is 55.8 Å². The highest BCUT2D eigenvalue weighted by Crippen LogP contribution is 2.16. The van der Waals surface area contributed by atoms with E-state index in [0.717, 1.165) is 12.0 Å². The summed E-state index contributed by atoms with van der Waals surface area (Å²) in [7, 11) is 0. The molecule has 2 N–H and O–H groups in total. The second-order valence-corrected chi connectivity index (χ2v) is 4.35. The van der Waals surface area contributed by atoms with Gasteiger partial charge in [-0.15, -0.1) is 0 Å². The van der Waals surface area contributed by atoms with Gasteiger partial charge in [0.25, 0.3) is 0 Å². The van der Waals surface area contributed by atoms with E-state index < -0.39 is 18.0 Å². The van der Waals surface area contributed by atoms with Crippen LogP contribution in [0.2, 0.25) is 0 Å². The summed E-state index contributed by atoms with van der Waals surface area (Å²) in [5.41, 5.74) is 1.03. The van der Waals surface area contributed by atoms with Crippen LogP contribution in [-0.4, -0.2) is 22.3 Å². The van der Waals surface area contributed by atoms with Crippen molar-refractivity contribution in [3.05, 3.63) is 42.0 Å². The van der Waals surface area contributed by atoms with E-state index in [0.29, 0.717) is 12.8 Å². The van der Waals surface area contributed by atoms with Crippen molar-refractivity contribution < 1.29 is 15.0 Å². The molecular formula is C15H20O3. The average molecular weight is 248 g/mol. The zero-order valence-corrected chi connectivity index (χ0v) is 10.6. The molecule has 98 valence electrons. The molecule has 0 saturated carbocycles. The lowest BCUT2D eigenvalue weighted by Crippen LogP contribution is -2.27. The molecule has 0 spiro atoms. The molecule has 0 radical (unpaired) electrons. The van der Waals surface area contributed by atoms with Crippen molar-refractivity contribution in [3.63, 3.8) is 0 Å². The van der Waals surface area contributed by atoms with Crippen molar-refractivity contribution in [2.45, 2.75) is 32.3 Å². The van der Waals surface area contributed by atoms with Gasteiger partial charge in [-0.3, -0.25) is 4.79 Å². The Balaban J connectivity index is 2.57. The monoisotopic (exact) mass is 248 g/mol. The molecule has 0 amide bonds. The van der Waals surface area contributed by atoms with Crippen LogP contribution < -0.4 is 0 Å². The molecular weight excluding hydrogens is 228 g/mol. The number of carboxylic acid groups (broad SMARTS) is 1. The minimum Gasteiger partial charge on any atom is -0.481 e. The van der Waals surface area contributed by atoms with Crippen molar-refractivity contribution in [1.82, 2.24) is 0 Å². The molecule has 3 heteroatoms. The van der Waals surface area contributed by atoms with E-state index in [4.69, 9.17) is 5.11 Å². The second kappa shape index (κ2) is 7.67. The van der Waals surface area contributed by atoms with Crippen molar-refractivity contribution in [2.24, 2.45) is 5.92 Å². The highest BCUT2D eigenvalue weighted by Gasteiger charge is 2.24. The maximum Gasteiger partial charge on any atom is 0.309 e. The van der Waals surface area contributed by atoms with Gasteiger partial charge in [-0.25, -0.2) is 0 Å². The Hall–Kier alpha value is -1.61. The average Bonchev–Trinajstić information content (AvgIpc) is 2.35. The summed E-state index contributed by atoms with van der Waals surface area (Å²) in [6.45, 7) is 1.93. The largest absolute Gasteiger partial charge is 0.481 e. The summed E-state index contributed by atoms with van der Waals surface area (Å²) in [6.07, 6.45) is 4.59. The minimum absolute atomic E-state index is 0.353. The van der Waals surface area contributed by atoms with E-state index >= 15 is 0 Å². The lowest BCUT2D eigenvalue weighted by molar-refractivity contribution is -0.145. The fourth-order valence-electron chi connectivity index (χ4n) is 1.83. The highest BCUT2D eigenvalue weighted by atomic mass is 16.4. The zero-order valence-electron chi connectivity index (χ0n) is 10.6. The number of carbonyl (C=O) groups is 1.